The summed E-state index contributed by atoms with van der Waals surface area (Å²) in [6, 6.07) is 16.5. The summed E-state index contributed by atoms with van der Waals surface area (Å²) < 4.78 is 37.6. The molecule has 0 radical (unpaired) electrons. The van der Waals surface area contributed by atoms with Crippen LogP contribution in [0.25, 0.3) is 0 Å². The molecule has 0 fully saturated rings. The van der Waals surface area contributed by atoms with E-state index in [9.17, 15) is 23.3 Å². The van der Waals surface area contributed by atoms with Crippen LogP contribution >= 0.6 is 0 Å². The SMILES string of the molecule is COc1ccc(OC)c(C(=O)NS(=O)(=O)c2ccc(CNc3ccccc3[N+](=O)[O-])cc2)c1. The summed E-state index contributed by atoms with van der Waals surface area (Å²) in [5, 5.41) is 14.1. The molecule has 0 saturated heterocycles. The Kier molecular flexibility index (Phi) is 7.13. The first kappa shape index (κ1) is 23.5. The topological polar surface area (TPSA) is 137 Å². The van der Waals surface area contributed by atoms with Gasteiger partial charge in [0, 0.05) is 12.6 Å². The van der Waals surface area contributed by atoms with Crippen LogP contribution in [-0.4, -0.2) is 33.5 Å². The van der Waals surface area contributed by atoms with Crippen molar-refractivity contribution in [1.82, 2.24) is 4.72 Å². The lowest BCUT2D eigenvalue weighted by atomic mass is 10.2. The zero-order chi connectivity index (χ0) is 24.0. The number of para-hydroxylation sites is 2. The smallest absolute Gasteiger partial charge is 0.292 e. The maximum Gasteiger partial charge on any atom is 0.292 e. The lowest BCUT2D eigenvalue weighted by molar-refractivity contribution is -0.384. The highest BCUT2D eigenvalue weighted by atomic mass is 32.2. The van der Waals surface area contributed by atoms with Crippen molar-refractivity contribution in [3.05, 3.63) is 88.0 Å². The molecule has 3 aromatic carbocycles. The van der Waals surface area contributed by atoms with Gasteiger partial charge in [0.25, 0.3) is 21.6 Å². The number of sulfonamides is 1. The molecule has 10 nitrogen and oxygen atoms in total. The van der Waals surface area contributed by atoms with Crippen LogP contribution in [0.5, 0.6) is 11.5 Å². The van der Waals surface area contributed by atoms with E-state index in [0.717, 1.165) is 0 Å². The summed E-state index contributed by atoms with van der Waals surface area (Å²) >= 11 is 0. The van der Waals surface area contributed by atoms with Gasteiger partial charge in [-0.1, -0.05) is 24.3 Å². The summed E-state index contributed by atoms with van der Waals surface area (Å²) in [6.07, 6.45) is 0. The second-order valence-corrected chi connectivity index (χ2v) is 8.46. The quantitative estimate of drug-likeness (QED) is 0.358. The molecule has 33 heavy (non-hydrogen) atoms. The highest BCUT2D eigenvalue weighted by molar-refractivity contribution is 7.90. The molecule has 0 aromatic heterocycles. The minimum Gasteiger partial charge on any atom is -0.497 e. The first-order chi connectivity index (χ1) is 15.7. The molecule has 11 heteroatoms. The zero-order valence-corrected chi connectivity index (χ0v) is 18.6. The highest BCUT2D eigenvalue weighted by Crippen LogP contribution is 2.25. The third kappa shape index (κ3) is 5.57. The third-order valence-electron chi connectivity index (χ3n) is 4.70. The maximum absolute atomic E-state index is 12.7. The van der Waals surface area contributed by atoms with Gasteiger partial charge in [0.1, 0.15) is 17.2 Å². The van der Waals surface area contributed by atoms with E-state index >= 15 is 0 Å². The van der Waals surface area contributed by atoms with Gasteiger partial charge in [-0.05, 0) is 42.0 Å². The Morgan fingerprint density at radius 3 is 2.33 bits per heavy atom. The van der Waals surface area contributed by atoms with Gasteiger partial charge < -0.3 is 14.8 Å². The number of carbonyl (C=O) groups excluding carboxylic acids is 1. The first-order valence-corrected chi connectivity index (χ1v) is 11.1. The van der Waals surface area contributed by atoms with Crippen LogP contribution in [0.2, 0.25) is 0 Å². The molecule has 3 aromatic rings. The molecule has 1 amide bonds. The molecular weight excluding hydrogens is 450 g/mol. The van der Waals surface area contributed by atoms with Crippen LogP contribution < -0.4 is 19.5 Å². The predicted octanol–water partition coefficient (Wildman–Crippen LogP) is 3.34. The van der Waals surface area contributed by atoms with Crippen LogP contribution in [0.3, 0.4) is 0 Å². The number of hydrogen-bond donors (Lipinski definition) is 2. The van der Waals surface area contributed by atoms with Crippen molar-refractivity contribution in [3.8, 4) is 11.5 Å². The summed E-state index contributed by atoms with van der Waals surface area (Å²) in [4.78, 5) is 23.1. The van der Waals surface area contributed by atoms with E-state index in [1.54, 1.807) is 36.4 Å². The average Bonchev–Trinajstić information content (AvgIpc) is 2.82. The fourth-order valence-corrected chi connectivity index (χ4v) is 3.96. The molecule has 0 heterocycles. The first-order valence-electron chi connectivity index (χ1n) is 9.60. The number of ether oxygens (including phenoxy) is 2. The minimum absolute atomic E-state index is 0.00528. The number of nitrogens with zero attached hydrogens (tertiary/aromatic N) is 1. The van der Waals surface area contributed by atoms with Crippen LogP contribution in [0.15, 0.2) is 71.6 Å². The van der Waals surface area contributed by atoms with E-state index in [0.29, 0.717) is 17.0 Å². The Morgan fingerprint density at radius 2 is 1.70 bits per heavy atom. The van der Waals surface area contributed by atoms with Crippen molar-refractivity contribution in [3.63, 3.8) is 0 Å². The van der Waals surface area contributed by atoms with Crippen molar-refractivity contribution in [1.29, 1.82) is 0 Å². The van der Waals surface area contributed by atoms with Gasteiger partial charge in [0.05, 0.1) is 29.6 Å². The van der Waals surface area contributed by atoms with Gasteiger partial charge in [0.15, 0.2) is 0 Å². The molecule has 0 unspecified atom stereocenters. The van der Waals surface area contributed by atoms with Crippen molar-refractivity contribution < 1.29 is 27.6 Å². The van der Waals surface area contributed by atoms with Crippen molar-refractivity contribution >= 4 is 27.3 Å². The van der Waals surface area contributed by atoms with Crippen LogP contribution in [0.1, 0.15) is 15.9 Å². The lowest BCUT2D eigenvalue weighted by Gasteiger charge is -2.12. The molecule has 0 aliphatic rings. The summed E-state index contributed by atoms with van der Waals surface area (Å²) in [5.74, 6) is -0.304. The van der Waals surface area contributed by atoms with E-state index in [2.05, 4.69) is 5.32 Å². The lowest BCUT2D eigenvalue weighted by Crippen LogP contribution is -2.30. The minimum atomic E-state index is -4.16. The molecule has 2 N–H and O–H groups in total. The van der Waals surface area contributed by atoms with Gasteiger partial charge in [-0.25, -0.2) is 13.1 Å². The number of carbonyl (C=O) groups is 1. The molecule has 0 atom stereocenters. The van der Waals surface area contributed by atoms with E-state index in [1.807, 2.05) is 4.72 Å². The predicted molar refractivity (Wildman–Crippen MR) is 121 cm³/mol. The highest BCUT2D eigenvalue weighted by Gasteiger charge is 2.22. The third-order valence-corrected chi connectivity index (χ3v) is 6.04. The van der Waals surface area contributed by atoms with E-state index in [1.165, 1.54) is 44.6 Å². The molecule has 172 valence electrons. The number of benzene rings is 3. The van der Waals surface area contributed by atoms with Gasteiger partial charge in [-0.2, -0.15) is 0 Å². The summed E-state index contributed by atoms with van der Waals surface area (Å²) in [5.41, 5.74) is 0.977. The van der Waals surface area contributed by atoms with Crippen molar-refractivity contribution in [2.45, 2.75) is 11.4 Å². The number of rotatable bonds is 9. The summed E-state index contributed by atoms with van der Waals surface area (Å²) in [6.45, 7) is 0.235. The molecule has 0 aliphatic heterocycles. The zero-order valence-electron chi connectivity index (χ0n) is 17.8. The molecule has 3 rings (SSSR count). The van der Waals surface area contributed by atoms with Crippen LogP contribution in [0, 0.1) is 10.1 Å². The Balaban J connectivity index is 1.73. The number of amides is 1. The largest absolute Gasteiger partial charge is 0.497 e. The Morgan fingerprint density at radius 1 is 1.00 bits per heavy atom. The number of anilines is 1. The van der Waals surface area contributed by atoms with E-state index < -0.39 is 20.9 Å². The number of methoxy groups -OCH3 is 2. The van der Waals surface area contributed by atoms with Crippen molar-refractivity contribution in [2.75, 3.05) is 19.5 Å². The normalized spacial score (nSPS) is 10.8. The molecule has 0 spiro atoms. The van der Waals surface area contributed by atoms with Crippen molar-refractivity contribution in [2.24, 2.45) is 0 Å². The second kappa shape index (κ2) is 10.0. The van der Waals surface area contributed by atoms with Gasteiger partial charge in [-0.3, -0.25) is 14.9 Å². The summed E-state index contributed by atoms with van der Waals surface area (Å²) in [7, 11) is -1.37. The Hall–Kier alpha value is -4.12. The molecule has 0 bridgehead atoms. The number of nitrogens with one attached hydrogen (secondary N) is 2. The molecule has 0 aliphatic carbocycles. The molecule has 0 saturated carbocycles. The molecular formula is C22H21N3O7S. The van der Waals surface area contributed by atoms with E-state index in [-0.39, 0.29) is 28.4 Å². The van der Waals surface area contributed by atoms with Gasteiger partial charge in [-0.15, -0.1) is 0 Å². The van der Waals surface area contributed by atoms with E-state index in [4.69, 9.17) is 9.47 Å². The monoisotopic (exact) mass is 471 g/mol. The number of nitro groups is 1. The fraction of sp³-hybridized carbons (Fsp3) is 0.136. The van der Waals surface area contributed by atoms with Crippen LogP contribution in [-0.2, 0) is 16.6 Å². The average molecular weight is 471 g/mol. The Labute approximate surface area is 190 Å². The number of hydrogen-bond acceptors (Lipinski definition) is 8. The van der Waals surface area contributed by atoms with Crippen LogP contribution in [0.4, 0.5) is 11.4 Å². The Bertz CT molecular complexity index is 1280. The van der Waals surface area contributed by atoms with Gasteiger partial charge >= 0.3 is 0 Å². The standard InChI is InChI=1S/C22H21N3O7S/c1-31-16-9-12-21(32-2)18(13-16)22(26)24-33(29,30)17-10-7-15(8-11-17)14-23-19-5-3-4-6-20(19)25(27)28/h3-13,23H,14H2,1-2H3,(H,24,26). The maximum atomic E-state index is 12.7. The second-order valence-electron chi connectivity index (χ2n) is 6.77. The number of nitro benzene ring substituents is 1. The fourth-order valence-electron chi connectivity index (χ4n) is 2.99. The van der Waals surface area contributed by atoms with Gasteiger partial charge in [0.2, 0.25) is 0 Å².